The molecule has 0 unspecified atom stereocenters. The van der Waals surface area contributed by atoms with Crippen LogP contribution in [0, 0.1) is 0 Å². The summed E-state index contributed by atoms with van der Waals surface area (Å²) in [6, 6.07) is 6.79. The molecule has 11 nitrogen and oxygen atoms in total. The number of imidazole rings is 1. The van der Waals surface area contributed by atoms with Crippen LogP contribution in [-0.4, -0.2) is 64.6 Å². The number of benzene rings is 1. The van der Waals surface area contributed by atoms with Gasteiger partial charge in [-0.3, -0.25) is 9.59 Å². The van der Waals surface area contributed by atoms with Crippen molar-refractivity contribution in [2.45, 2.75) is 31.4 Å². The van der Waals surface area contributed by atoms with Crippen LogP contribution >= 0.6 is 0 Å². The molecule has 4 N–H and O–H groups in total. The highest BCUT2D eigenvalue weighted by Gasteiger charge is 2.36. The Kier molecular flexibility index (Phi) is 5.02. The summed E-state index contributed by atoms with van der Waals surface area (Å²) in [6.07, 6.45) is 3.48. The molecule has 1 amide bonds. The summed E-state index contributed by atoms with van der Waals surface area (Å²) in [5.41, 5.74) is 7.30. The number of aliphatic hydroxyl groups excluding tert-OH is 1. The molecule has 1 aromatic carbocycles. The zero-order chi connectivity index (χ0) is 22.2. The number of carbonyl (C=O) groups excluding carboxylic acids is 1. The predicted molar refractivity (Wildman–Crippen MR) is 117 cm³/mol. The van der Waals surface area contributed by atoms with Gasteiger partial charge in [-0.25, -0.2) is 19.9 Å². The van der Waals surface area contributed by atoms with E-state index in [1.165, 1.54) is 6.33 Å². The number of aliphatic hydroxyl groups is 1. The van der Waals surface area contributed by atoms with Crippen LogP contribution in [0.2, 0.25) is 0 Å². The van der Waals surface area contributed by atoms with Gasteiger partial charge in [0.05, 0.1) is 29.4 Å². The molecule has 32 heavy (non-hydrogen) atoms. The molecule has 1 saturated heterocycles. The summed E-state index contributed by atoms with van der Waals surface area (Å²) >= 11 is 0. The van der Waals surface area contributed by atoms with E-state index in [0.717, 1.165) is 0 Å². The molecule has 1 aliphatic heterocycles. The monoisotopic (exact) mass is 434 g/mol. The number of anilines is 1. The van der Waals surface area contributed by atoms with Crippen molar-refractivity contribution in [2.75, 3.05) is 18.8 Å². The number of para-hydroxylation sites is 1. The molecule has 164 valence electrons. The van der Waals surface area contributed by atoms with Gasteiger partial charge in [0.1, 0.15) is 17.7 Å². The Bertz CT molecular complexity index is 1360. The molecule has 0 aliphatic carbocycles. The largest absolute Gasteiger partial charge is 0.389 e. The van der Waals surface area contributed by atoms with Gasteiger partial charge in [-0.15, -0.1) is 0 Å². The highest BCUT2D eigenvalue weighted by atomic mass is 16.3. The van der Waals surface area contributed by atoms with Gasteiger partial charge in [-0.1, -0.05) is 12.1 Å². The topological polar surface area (TPSA) is 156 Å². The van der Waals surface area contributed by atoms with Crippen LogP contribution < -0.4 is 11.3 Å². The van der Waals surface area contributed by atoms with Gasteiger partial charge in [-0.2, -0.15) is 0 Å². The number of aromatic nitrogens is 6. The molecule has 0 saturated carbocycles. The van der Waals surface area contributed by atoms with Crippen LogP contribution in [-0.2, 0) is 11.2 Å². The maximum atomic E-state index is 12.7. The molecular weight excluding hydrogens is 412 g/mol. The number of nitrogens with one attached hydrogen (secondary N) is 1. The van der Waals surface area contributed by atoms with Crippen LogP contribution in [0.5, 0.6) is 0 Å². The number of fused-ring (bicyclic) bond motifs is 2. The fraction of sp³-hybridized carbons (Fsp3) is 0.333. The van der Waals surface area contributed by atoms with Crippen LogP contribution in [0.3, 0.4) is 0 Å². The lowest BCUT2D eigenvalue weighted by molar-refractivity contribution is -0.130. The first-order valence-corrected chi connectivity index (χ1v) is 10.4. The number of nitrogens with zero attached hydrogens (tertiary/aromatic N) is 6. The summed E-state index contributed by atoms with van der Waals surface area (Å²) in [5.74, 6) is 0.769. The third-order valence-corrected chi connectivity index (χ3v) is 5.82. The maximum absolute atomic E-state index is 12.7. The maximum Gasteiger partial charge on any atom is 0.258 e. The minimum Gasteiger partial charge on any atom is -0.389 e. The number of carbonyl (C=O) groups is 1. The quantitative estimate of drug-likeness (QED) is 0.408. The van der Waals surface area contributed by atoms with Gasteiger partial charge in [0.2, 0.25) is 5.91 Å². The number of H-pyrrole nitrogens is 1. The number of β-amino-alcohol motifs (C(OH)–C–C–N with tert-alkyl or cyclic N) is 1. The summed E-state index contributed by atoms with van der Waals surface area (Å²) in [4.78, 5) is 46.2. The van der Waals surface area contributed by atoms with Crippen molar-refractivity contribution in [2.24, 2.45) is 0 Å². The van der Waals surface area contributed by atoms with E-state index >= 15 is 0 Å². The van der Waals surface area contributed by atoms with E-state index in [1.807, 2.05) is 6.07 Å². The van der Waals surface area contributed by atoms with Gasteiger partial charge in [-0.05, 0) is 18.6 Å². The molecule has 3 aromatic heterocycles. The fourth-order valence-corrected chi connectivity index (χ4v) is 4.18. The van der Waals surface area contributed by atoms with Crippen molar-refractivity contribution in [3.05, 3.63) is 53.1 Å². The lowest BCUT2D eigenvalue weighted by atomic mass is 10.2. The average molecular weight is 434 g/mol. The number of nitrogen functional groups attached to an aromatic ring is 1. The second-order valence-corrected chi connectivity index (χ2v) is 7.90. The Morgan fingerprint density at radius 2 is 2.06 bits per heavy atom. The van der Waals surface area contributed by atoms with Crippen LogP contribution in [0.1, 0.15) is 24.7 Å². The third kappa shape index (κ3) is 3.56. The van der Waals surface area contributed by atoms with E-state index in [4.69, 9.17) is 5.73 Å². The second-order valence-electron chi connectivity index (χ2n) is 7.90. The first-order valence-electron chi connectivity index (χ1n) is 10.4. The smallest absolute Gasteiger partial charge is 0.258 e. The zero-order valence-corrected chi connectivity index (χ0v) is 17.2. The molecule has 11 heteroatoms. The van der Waals surface area contributed by atoms with Crippen molar-refractivity contribution in [1.29, 1.82) is 0 Å². The van der Waals surface area contributed by atoms with Gasteiger partial charge < -0.3 is 25.3 Å². The lowest BCUT2D eigenvalue weighted by Gasteiger charge is -2.17. The van der Waals surface area contributed by atoms with Gasteiger partial charge in [0.25, 0.3) is 5.56 Å². The van der Waals surface area contributed by atoms with Crippen molar-refractivity contribution in [3.63, 3.8) is 0 Å². The molecule has 4 heterocycles. The minimum absolute atomic E-state index is 0.0618. The number of hydrogen-bond donors (Lipinski definition) is 3. The molecule has 1 aliphatic rings. The number of aryl methyl sites for hydroxylation is 1. The van der Waals surface area contributed by atoms with Gasteiger partial charge >= 0.3 is 0 Å². The van der Waals surface area contributed by atoms with E-state index < -0.39 is 6.10 Å². The third-order valence-electron chi connectivity index (χ3n) is 5.82. The molecular formula is C21H22N8O3. The predicted octanol–water partition coefficient (Wildman–Crippen LogP) is 0.412. The lowest BCUT2D eigenvalue weighted by Crippen LogP contribution is -2.29. The highest BCUT2D eigenvalue weighted by molar-refractivity contribution is 5.81. The van der Waals surface area contributed by atoms with Crippen molar-refractivity contribution >= 4 is 33.8 Å². The SMILES string of the molecule is Nc1ncnc2c1ncn2[C@H]1CN(C(=O)CCCc2nc3ccccc3c(=O)[nH]2)C[C@@H]1O. The van der Waals surface area contributed by atoms with E-state index in [9.17, 15) is 14.7 Å². The summed E-state index contributed by atoms with van der Waals surface area (Å²) in [6.45, 7) is 0.579. The van der Waals surface area contributed by atoms with E-state index in [1.54, 1.807) is 34.0 Å². The molecule has 0 radical (unpaired) electrons. The Labute approximate surface area is 181 Å². The second kappa shape index (κ2) is 8.00. The van der Waals surface area contributed by atoms with Crippen LogP contribution in [0.25, 0.3) is 22.1 Å². The van der Waals surface area contributed by atoms with Crippen molar-refractivity contribution in [1.82, 2.24) is 34.4 Å². The number of rotatable bonds is 5. The molecule has 2 atom stereocenters. The normalized spacial score (nSPS) is 18.6. The fourth-order valence-electron chi connectivity index (χ4n) is 4.18. The van der Waals surface area contributed by atoms with Gasteiger partial charge in [0, 0.05) is 25.9 Å². The summed E-state index contributed by atoms with van der Waals surface area (Å²) < 4.78 is 1.75. The molecule has 5 rings (SSSR count). The van der Waals surface area contributed by atoms with Crippen molar-refractivity contribution in [3.8, 4) is 0 Å². The van der Waals surface area contributed by atoms with E-state index in [-0.39, 0.29) is 36.3 Å². The number of likely N-dealkylation sites (tertiary alicyclic amines) is 1. The highest BCUT2D eigenvalue weighted by Crippen LogP contribution is 2.27. The first-order chi connectivity index (χ1) is 15.5. The Morgan fingerprint density at radius 1 is 1.22 bits per heavy atom. The van der Waals surface area contributed by atoms with Gasteiger partial charge in [0.15, 0.2) is 11.5 Å². The molecule has 4 aromatic rings. The summed E-state index contributed by atoms with van der Waals surface area (Å²) in [7, 11) is 0. The number of amides is 1. The number of aromatic amines is 1. The van der Waals surface area contributed by atoms with Crippen molar-refractivity contribution < 1.29 is 9.90 Å². The van der Waals surface area contributed by atoms with E-state index in [0.29, 0.717) is 47.3 Å². The number of nitrogens with two attached hydrogens (primary N) is 1. The first kappa shape index (κ1) is 20.1. The Balaban J connectivity index is 1.23. The van der Waals surface area contributed by atoms with Crippen LogP contribution in [0.15, 0.2) is 41.7 Å². The average Bonchev–Trinajstić information content (AvgIpc) is 3.38. The summed E-state index contributed by atoms with van der Waals surface area (Å²) in [5, 5.41) is 11.1. The minimum atomic E-state index is -0.744. The molecule has 1 fully saturated rings. The number of hydrogen-bond acceptors (Lipinski definition) is 8. The van der Waals surface area contributed by atoms with E-state index in [2.05, 4.69) is 24.9 Å². The Morgan fingerprint density at radius 3 is 2.94 bits per heavy atom. The Hall–Kier alpha value is -3.86. The standard InChI is InChI=1S/C21H22N8O3/c22-19-18-20(24-10-23-19)29(11-25-18)14-8-28(9-15(14)30)17(31)7-3-6-16-26-13-5-2-1-4-12(13)21(32)27-16/h1-2,4-5,10-11,14-15,30H,3,6-9H2,(H2,22,23,24)(H,26,27,32)/t14-,15-/m0/s1. The molecule has 0 bridgehead atoms. The molecule has 0 spiro atoms. The van der Waals surface area contributed by atoms with Crippen LogP contribution in [0.4, 0.5) is 5.82 Å². The zero-order valence-electron chi connectivity index (χ0n) is 17.2.